The molecule has 3 N–H and O–H groups in total. The van der Waals surface area contributed by atoms with Gasteiger partial charge in [0.1, 0.15) is 11.5 Å². The maximum absolute atomic E-state index is 12.3. The maximum atomic E-state index is 12.3. The fourth-order valence-electron chi connectivity index (χ4n) is 3.41. The first-order valence-corrected chi connectivity index (χ1v) is 10.9. The van der Waals surface area contributed by atoms with Gasteiger partial charge in [0, 0.05) is 6.42 Å². The van der Waals surface area contributed by atoms with Gasteiger partial charge in [-0.2, -0.15) is 0 Å². The number of phenols is 1. The minimum Gasteiger partial charge on any atom is -0.507 e. The predicted octanol–water partition coefficient (Wildman–Crippen LogP) is 4.32. The summed E-state index contributed by atoms with van der Waals surface area (Å²) in [6.45, 7) is 12.4. The van der Waals surface area contributed by atoms with Crippen LogP contribution in [0.15, 0.2) is 36.4 Å². The minimum absolute atomic E-state index is 0.159. The average Bonchev–Trinajstić information content (AvgIpc) is 2.70. The Morgan fingerprint density at radius 1 is 0.844 bits per heavy atom. The standard InChI is InChI=1S/C26H36N2O4/c1-25(2,3)20-14-18(15-21(24(20)31)26(4,5)6)10-13-22(29)27-28-23(30)16-17-8-11-19(32-7)12-9-17/h8-9,11-12,14-15,31H,10,13,16H2,1-7H3,(H,27,29)(H,28,30). The van der Waals surface area contributed by atoms with E-state index in [2.05, 4.69) is 52.4 Å². The van der Waals surface area contributed by atoms with E-state index in [-0.39, 0.29) is 35.5 Å². The van der Waals surface area contributed by atoms with Gasteiger partial charge in [0.15, 0.2) is 0 Å². The molecule has 0 aliphatic carbocycles. The van der Waals surface area contributed by atoms with Gasteiger partial charge in [0.05, 0.1) is 13.5 Å². The third-order valence-corrected chi connectivity index (χ3v) is 5.29. The van der Waals surface area contributed by atoms with Gasteiger partial charge >= 0.3 is 0 Å². The number of carbonyl (C=O) groups is 2. The predicted molar refractivity (Wildman–Crippen MR) is 127 cm³/mol. The van der Waals surface area contributed by atoms with Crippen molar-refractivity contribution in [3.8, 4) is 11.5 Å². The molecule has 6 heteroatoms. The fraction of sp³-hybridized carbons (Fsp3) is 0.462. The normalized spacial score (nSPS) is 11.7. The summed E-state index contributed by atoms with van der Waals surface area (Å²) >= 11 is 0. The molecule has 2 amide bonds. The van der Waals surface area contributed by atoms with Crippen LogP contribution >= 0.6 is 0 Å². The van der Waals surface area contributed by atoms with E-state index in [1.807, 2.05) is 24.3 Å². The average molecular weight is 441 g/mol. The smallest absolute Gasteiger partial charge is 0.242 e. The Balaban J connectivity index is 1.97. The van der Waals surface area contributed by atoms with Gasteiger partial charge in [0.25, 0.3) is 0 Å². The molecule has 2 aromatic carbocycles. The minimum atomic E-state index is -0.293. The van der Waals surface area contributed by atoms with Gasteiger partial charge in [-0.05, 0) is 51.6 Å². The van der Waals surface area contributed by atoms with E-state index < -0.39 is 0 Å². The first kappa shape index (κ1) is 25.2. The fourth-order valence-corrected chi connectivity index (χ4v) is 3.41. The Morgan fingerprint density at radius 2 is 1.34 bits per heavy atom. The Morgan fingerprint density at radius 3 is 1.81 bits per heavy atom. The number of methoxy groups -OCH3 is 1. The van der Waals surface area contributed by atoms with Crippen molar-refractivity contribution in [1.29, 1.82) is 0 Å². The molecule has 0 spiro atoms. The van der Waals surface area contributed by atoms with E-state index in [0.29, 0.717) is 12.2 Å². The van der Waals surface area contributed by atoms with E-state index >= 15 is 0 Å². The van der Waals surface area contributed by atoms with Crippen LogP contribution in [-0.2, 0) is 33.3 Å². The topological polar surface area (TPSA) is 87.7 Å². The number of phenolic OH excluding ortho intramolecular Hbond substituents is 1. The molecule has 0 unspecified atom stereocenters. The third-order valence-electron chi connectivity index (χ3n) is 5.29. The lowest BCUT2D eigenvalue weighted by molar-refractivity contribution is -0.128. The van der Waals surface area contributed by atoms with Crippen LogP contribution in [0, 0.1) is 0 Å². The lowest BCUT2D eigenvalue weighted by Gasteiger charge is -2.28. The molecule has 0 radical (unpaired) electrons. The first-order chi connectivity index (χ1) is 14.8. The van der Waals surface area contributed by atoms with Gasteiger partial charge < -0.3 is 9.84 Å². The Labute approximate surface area is 191 Å². The molecular weight excluding hydrogens is 404 g/mol. The van der Waals surface area contributed by atoms with Crippen LogP contribution in [0.2, 0.25) is 0 Å². The molecule has 0 fully saturated rings. The van der Waals surface area contributed by atoms with Crippen molar-refractivity contribution in [3.05, 3.63) is 58.7 Å². The molecule has 2 aromatic rings. The van der Waals surface area contributed by atoms with E-state index in [9.17, 15) is 14.7 Å². The largest absolute Gasteiger partial charge is 0.507 e. The number of hydrogen-bond donors (Lipinski definition) is 3. The lowest BCUT2D eigenvalue weighted by Crippen LogP contribution is -2.42. The number of aryl methyl sites for hydroxylation is 1. The Hall–Kier alpha value is -3.02. The van der Waals surface area contributed by atoms with E-state index in [1.165, 1.54) is 0 Å². The number of rotatable bonds is 6. The summed E-state index contributed by atoms with van der Waals surface area (Å²) in [5.74, 6) is 0.485. The highest BCUT2D eigenvalue weighted by Gasteiger charge is 2.26. The van der Waals surface area contributed by atoms with Crippen molar-refractivity contribution in [2.75, 3.05) is 7.11 Å². The molecule has 0 saturated heterocycles. The zero-order valence-corrected chi connectivity index (χ0v) is 20.3. The van der Waals surface area contributed by atoms with Crippen molar-refractivity contribution in [1.82, 2.24) is 10.9 Å². The van der Waals surface area contributed by atoms with Crippen molar-refractivity contribution in [2.45, 2.75) is 71.6 Å². The molecule has 0 heterocycles. The van der Waals surface area contributed by atoms with Gasteiger partial charge in [-0.1, -0.05) is 65.8 Å². The number of nitrogens with one attached hydrogen (secondary N) is 2. The molecule has 0 aliphatic rings. The zero-order valence-electron chi connectivity index (χ0n) is 20.3. The van der Waals surface area contributed by atoms with Crippen LogP contribution in [0.4, 0.5) is 0 Å². The van der Waals surface area contributed by atoms with Crippen LogP contribution in [0.25, 0.3) is 0 Å². The van der Waals surface area contributed by atoms with E-state index in [1.54, 1.807) is 19.2 Å². The summed E-state index contributed by atoms with van der Waals surface area (Å²) in [6.07, 6.45) is 0.888. The van der Waals surface area contributed by atoms with Crippen LogP contribution in [0.5, 0.6) is 11.5 Å². The van der Waals surface area contributed by atoms with E-state index in [4.69, 9.17) is 4.74 Å². The number of carbonyl (C=O) groups excluding carboxylic acids is 2. The summed E-state index contributed by atoms with van der Waals surface area (Å²) in [5.41, 5.74) is 8.05. The molecule has 6 nitrogen and oxygen atoms in total. The zero-order chi connectivity index (χ0) is 24.1. The number of ether oxygens (including phenoxy) is 1. The summed E-state index contributed by atoms with van der Waals surface area (Å²) in [6, 6.07) is 11.1. The molecular formula is C26H36N2O4. The van der Waals surface area contributed by atoms with Crippen LogP contribution in [0.1, 0.15) is 70.2 Å². The van der Waals surface area contributed by atoms with Gasteiger partial charge in [-0.15, -0.1) is 0 Å². The molecule has 2 rings (SSSR count). The third kappa shape index (κ3) is 7.01. The monoisotopic (exact) mass is 440 g/mol. The van der Waals surface area contributed by atoms with Crippen molar-refractivity contribution >= 4 is 11.8 Å². The summed E-state index contributed by atoms with van der Waals surface area (Å²) in [5, 5.41) is 10.8. The molecule has 0 aromatic heterocycles. The van der Waals surface area contributed by atoms with Crippen LogP contribution < -0.4 is 15.6 Å². The highest BCUT2D eigenvalue weighted by atomic mass is 16.5. The maximum Gasteiger partial charge on any atom is 0.242 e. The first-order valence-electron chi connectivity index (χ1n) is 10.9. The van der Waals surface area contributed by atoms with Crippen molar-refractivity contribution in [3.63, 3.8) is 0 Å². The number of hydrazine groups is 1. The molecule has 0 atom stereocenters. The second kappa shape index (κ2) is 10.1. The molecule has 32 heavy (non-hydrogen) atoms. The van der Waals surface area contributed by atoms with Gasteiger partial charge in [0.2, 0.25) is 11.8 Å². The van der Waals surface area contributed by atoms with Crippen LogP contribution in [-0.4, -0.2) is 24.0 Å². The molecule has 0 aliphatic heterocycles. The number of benzene rings is 2. The Kier molecular flexibility index (Phi) is 7.94. The highest BCUT2D eigenvalue weighted by molar-refractivity contribution is 5.83. The lowest BCUT2D eigenvalue weighted by atomic mass is 9.78. The molecule has 174 valence electrons. The summed E-state index contributed by atoms with van der Waals surface area (Å²) < 4.78 is 5.10. The summed E-state index contributed by atoms with van der Waals surface area (Å²) in [7, 11) is 1.59. The molecule has 0 saturated carbocycles. The SMILES string of the molecule is COc1ccc(CC(=O)NNC(=O)CCc2cc(C(C)(C)C)c(O)c(C(C)(C)C)c2)cc1. The second-order valence-electron chi connectivity index (χ2n) is 10.2. The van der Waals surface area contributed by atoms with Crippen LogP contribution in [0.3, 0.4) is 0 Å². The quantitative estimate of drug-likeness (QED) is 0.584. The number of hydrogen-bond acceptors (Lipinski definition) is 4. The highest BCUT2D eigenvalue weighted by Crippen LogP contribution is 2.39. The number of aromatic hydroxyl groups is 1. The van der Waals surface area contributed by atoms with E-state index in [0.717, 1.165) is 28.0 Å². The van der Waals surface area contributed by atoms with Gasteiger partial charge in [-0.3, -0.25) is 20.4 Å². The number of amides is 2. The molecule has 0 bridgehead atoms. The van der Waals surface area contributed by atoms with Crippen molar-refractivity contribution < 1.29 is 19.4 Å². The van der Waals surface area contributed by atoms with Crippen molar-refractivity contribution in [2.24, 2.45) is 0 Å². The second-order valence-corrected chi connectivity index (χ2v) is 10.2. The summed E-state index contributed by atoms with van der Waals surface area (Å²) in [4.78, 5) is 24.4. The Bertz CT molecular complexity index is 916. The van der Waals surface area contributed by atoms with Gasteiger partial charge in [-0.25, -0.2) is 0 Å².